The Labute approximate surface area is 127 Å². The Morgan fingerprint density at radius 1 is 1.43 bits per heavy atom. The topological polar surface area (TPSA) is 54.5 Å². The van der Waals surface area contributed by atoms with Gasteiger partial charge in [-0.05, 0) is 6.92 Å². The van der Waals surface area contributed by atoms with Crippen molar-refractivity contribution < 1.29 is 9.53 Å². The number of carbonyl (C=O) groups excluding carboxylic acids is 1. The summed E-state index contributed by atoms with van der Waals surface area (Å²) in [6.07, 6.45) is 0.0840. The molecule has 1 atom stereocenters. The molecule has 0 radical (unpaired) electrons. The summed E-state index contributed by atoms with van der Waals surface area (Å²) in [5.74, 6) is 0. The number of nitrogens with one attached hydrogen (secondary N) is 1. The number of morpholine rings is 1. The summed E-state index contributed by atoms with van der Waals surface area (Å²) in [6.45, 7) is 3.79. The highest BCUT2D eigenvalue weighted by molar-refractivity contribution is 7.14. The van der Waals surface area contributed by atoms with Crippen molar-refractivity contribution in [2.75, 3.05) is 25.0 Å². The summed E-state index contributed by atoms with van der Waals surface area (Å²) in [4.78, 5) is 18.4. The average Bonchev–Trinajstić information content (AvgIpc) is 2.97. The van der Waals surface area contributed by atoms with Crippen molar-refractivity contribution >= 4 is 22.5 Å². The molecule has 1 N–H and O–H groups in total. The van der Waals surface area contributed by atoms with Crippen LogP contribution in [-0.2, 0) is 4.74 Å². The molecular formula is C15H17N3O2S. The van der Waals surface area contributed by atoms with Crippen LogP contribution in [0.1, 0.15) is 6.92 Å². The van der Waals surface area contributed by atoms with E-state index in [-0.39, 0.29) is 12.1 Å². The molecule has 0 aliphatic carbocycles. The predicted octanol–water partition coefficient (Wildman–Crippen LogP) is 3.06. The first-order valence-electron chi connectivity index (χ1n) is 6.91. The van der Waals surface area contributed by atoms with Crippen molar-refractivity contribution in [1.29, 1.82) is 0 Å². The number of rotatable bonds is 2. The minimum atomic E-state index is -0.112. The number of carbonyl (C=O) groups is 1. The molecule has 1 fully saturated rings. The molecule has 21 heavy (non-hydrogen) atoms. The number of anilines is 1. The van der Waals surface area contributed by atoms with Gasteiger partial charge in [0.1, 0.15) is 0 Å². The van der Waals surface area contributed by atoms with Crippen LogP contribution in [0.5, 0.6) is 0 Å². The molecule has 1 aliphatic heterocycles. The molecule has 1 aliphatic rings. The molecule has 2 heterocycles. The quantitative estimate of drug-likeness (QED) is 0.927. The van der Waals surface area contributed by atoms with Gasteiger partial charge in [-0.15, -0.1) is 11.3 Å². The van der Waals surface area contributed by atoms with E-state index < -0.39 is 0 Å². The Balaban J connectivity index is 1.66. The number of benzene rings is 1. The molecule has 6 heteroatoms. The lowest BCUT2D eigenvalue weighted by molar-refractivity contribution is -0.00138. The molecule has 1 unspecified atom stereocenters. The SMILES string of the molecule is CC1CN(C(=O)Nc2nc(-c3ccccc3)cs2)CCO1. The Bertz CT molecular complexity index is 614. The number of amides is 2. The number of urea groups is 1. The zero-order chi connectivity index (χ0) is 14.7. The highest BCUT2D eigenvalue weighted by atomic mass is 32.1. The van der Waals surface area contributed by atoms with E-state index in [1.165, 1.54) is 11.3 Å². The van der Waals surface area contributed by atoms with Crippen molar-refractivity contribution in [1.82, 2.24) is 9.88 Å². The van der Waals surface area contributed by atoms with Gasteiger partial charge >= 0.3 is 6.03 Å². The van der Waals surface area contributed by atoms with Gasteiger partial charge in [-0.1, -0.05) is 30.3 Å². The summed E-state index contributed by atoms with van der Waals surface area (Å²) in [5, 5.41) is 5.44. The van der Waals surface area contributed by atoms with E-state index in [0.717, 1.165) is 11.3 Å². The summed E-state index contributed by atoms with van der Waals surface area (Å²) >= 11 is 1.44. The van der Waals surface area contributed by atoms with Crippen molar-refractivity contribution in [3.63, 3.8) is 0 Å². The van der Waals surface area contributed by atoms with E-state index in [1.54, 1.807) is 4.90 Å². The zero-order valence-corrected chi connectivity index (χ0v) is 12.6. The van der Waals surface area contributed by atoms with Crippen LogP contribution >= 0.6 is 11.3 Å². The molecule has 1 aromatic carbocycles. The Hall–Kier alpha value is -1.92. The fourth-order valence-corrected chi connectivity index (χ4v) is 2.96. The molecule has 3 rings (SSSR count). The predicted molar refractivity (Wildman–Crippen MR) is 83.6 cm³/mol. The molecule has 2 amide bonds. The molecule has 0 saturated carbocycles. The fourth-order valence-electron chi connectivity index (χ4n) is 2.25. The maximum Gasteiger partial charge on any atom is 0.323 e. The number of ether oxygens (including phenoxy) is 1. The van der Waals surface area contributed by atoms with Gasteiger partial charge in [0.2, 0.25) is 0 Å². The largest absolute Gasteiger partial charge is 0.375 e. The Morgan fingerprint density at radius 3 is 3.00 bits per heavy atom. The van der Waals surface area contributed by atoms with Gasteiger partial charge in [0.05, 0.1) is 18.4 Å². The number of thiazole rings is 1. The molecule has 110 valence electrons. The molecule has 1 saturated heterocycles. The van der Waals surface area contributed by atoms with Gasteiger partial charge < -0.3 is 9.64 Å². The van der Waals surface area contributed by atoms with Gasteiger partial charge in [0.15, 0.2) is 5.13 Å². The standard InChI is InChI=1S/C15H17N3O2S/c1-11-9-18(7-8-20-11)15(19)17-14-16-13(10-21-14)12-5-3-2-4-6-12/h2-6,10-11H,7-9H2,1H3,(H,16,17,19). The van der Waals surface area contributed by atoms with Crippen molar-refractivity contribution in [2.45, 2.75) is 13.0 Å². The molecule has 5 nitrogen and oxygen atoms in total. The lowest BCUT2D eigenvalue weighted by Gasteiger charge is -2.30. The first-order chi connectivity index (χ1) is 10.2. The summed E-state index contributed by atoms with van der Waals surface area (Å²) < 4.78 is 5.44. The van der Waals surface area contributed by atoms with Crippen molar-refractivity contribution in [3.8, 4) is 11.3 Å². The molecule has 0 spiro atoms. The lowest BCUT2D eigenvalue weighted by atomic mass is 10.2. The first-order valence-corrected chi connectivity index (χ1v) is 7.79. The van der Waals surface area contributed by atoms with Gasteiger partial charge in [0.25, 0.3) is 0 Å². The van der Waals surface area contributed by atoms with Gasteiger partial charge in [0, 0.05) is 24.0 Å². The maximum absolute atomic E-state index is 12.2. The second kappa shape index (κ2) is 6.24. The van der Waals surface area contributed by atoms with Crippen molar-refractivity contribution in [3.05, 3.63) is 35.7 Å². The summed E-state index contributed by atoms with van der Waals surface area (Å²) in [6, 6.07) is 9.82. The molecule has 2 aromatic rings. The average molecular weight is 303 g/mol. The number of nitrogens with zero attached hydrogens (tertiary/aromatic N) is 2. The third kappa shape index (κ3) is 3.40. The van der Waals surface area contributed by atoms with Crippen LogP contribution in [0.2, 0.25) is 0 Å². The number of aromatic nitrogens is 1. The van der Waals surface area contributed by atoms with Crippen LogP contribution in [0.25, 0.3) is 11.3 Å². The second-order valence-corrected chi connectivity index (χ2v) is 5.82. The monoisotopic (exact) mass is 303 g/mol. The van der Waals surface area contributed by atoms with Crippen LogP contribution in [0, 0.1) is 0 Å². The van der Waals surface area contributed by atoms with Crippen LogP contribution in [0.4, 0.5) is 9.93 Å². The Morgan fingerprint density at radius 2 is 2.24 bits per heavy atom. The summed E-state index contributed by atoms with van der Waals surface area (Å²) in [7, 11) is 0. The molecular weight excluding hydrogens is 286 g/mol. The van der Waals surface area contributed by atoms with Crippen LogP contribution in [-0.4, -0.2) is 41.7 Å². The van der Waals surface area contributed by atoms with Crippen LogP contribution in [0.15, 0.2) is 35.7 Å². The number of hydrogen-bond acceptors (Lipinski definition) is 4. The maximum atomic E-state index is 12.2. The number of hydrogen-bond donors (Lipinski definition) is 1. The van der Waals surface area contributed by atoms with E-state index in [2.05, 4.69) is 10.3 Å². The second-order valence-electron chi connectivity index (χ2n) is 4.96. The highest BCUT2D eigenvalue weighted by Crippen LogP contribution is 2.24. The summed E-state index contributed by atoms with van der Waals surface area (Å²) in [5.41, 5.74) is 1.93. The normalized spacial score (nSPS) is 18.5. The third-order valence-corrected chi connectivity index (χ3v) is 4.07. The zero-order valence-electron chi connectivity index (χ0n) is 11.8. The van der Waals surface area contributed by atoms with E-state index in [4.69, 9.17) is 4.74 Å². The smallest absolute Gasteiger partial charge is 0.323 e. The first kappa shape index (κ1) is 14.0. The van der Waals surface area contributed by atoms with Gasteiger partial charge in [-0.2, -0.15) is 0 Å². The lowest BCUT2D eigenvalue weighted by Crippen LogP contribution is -2.46. The minimum Gasteiger partial charge on any atom is -0.375 e. The minimum absolute atomic E-state index is 0.0840. The Kier molecular flexibility index (Phi) is 4.17. The van der Waals surface area contributed by atoms with Gasteiger partial charge in [-0.3, -0.25) is 5.32 Å². The van der Waals surface area contributed by atoms with Gasteiger partial charge in [-0.25, -0.2) is 9.78 Å². The third-order valence-electron chi connectivity index (χ3n) is 3.32. The van der Waals surface area contributed by atoms with Crippen LogP contribution < -0.4 is 5.32 Å². The van der Waals surface area contributed by atoms with E-state index in [0.29, 0.717) is 24.8 Å². The van der Waals surface area contributed by atoms with Crippen molar-refractivity contribution in [2.24, 2.45) is 0 Å². The molecule has 1 aromatic heterocycles. The fraction of sp³-hybridized carbons (Fsp3) is 0.333. The molecule has 0 bridgehead atoms. The van der Waals surface area contributed by atoms with E-state index in [9.17, 15) is 4.79 Å². The van der Waals surface area contributed by atoms with E-state index >= 15 is 0 Å². The highest BCUT2D eigenvalue weighted by Gasteiger charge is 2.22. The van der Waals surface area contributed by atoms with E-state index in [1.807, 2.05) is 42.6 Å². The van der Waals surface area contributed by atoms with Crippen LogP contribution in [0.3, 0.4) is 0 Å².